The van der Waals surface area contributed by atoms with Crippen LogP contribution in [-0.2, 0) is 4.79 Å². The van der Waals surface area contributed by atoms with Crippen molar-refractivity contribution in [1.82, 2.24) is 9.91 Å². The molecule has 5 rings (SSSR count). The number of nitrogens with zero attached hydrogens (tertiary/aromatic N) is 4. The predicted octanol–water partition coefficient (Wildman–Crippen LogP) is 4.94. The average molecular weight is 471 g/mol. The molecule has 1 atom stereocenters. The minimum atomic E-state index is -0.201. The zero-order valence-electron chi connectivity index (χ0n) is 20.3. The minimum absolute atomic E-state index is 0.00109. The summed E-state index contributed by atoms with van der Waals surface area (Å²) in [4.78, 5) is 17.8. The summed E-state index contributed by atoms with van der Waals surface area (Å²) >= 11 is 0. The standard InChI is InChI=1S/C29H31FN4O/c1-21-12-13-22(2)24(18-21)28-19-26(23-8-4-3-5-9-23)31-34(28)29(35)20-32-14-16-33(17-15-32)27-11-7-6-10-25(27)30/h3-13,18,28H,14-17,19-20H2,1-2H3. The van der Waals surface area contributed by atoms with Crippen LogP contribution in [0.4, 0.5) is 10.1 Å². The molecule has 1 amide bonds. The first-order valence-corrected chi connectivity index (χ1v) is 12.2. The number of aryl methyl sites for hydroxylation is 2. The van der Waals surface area contributed by atoms with Crippen molar-refractivity contribution in [2.24, 2.45) is 5.10 Å². The second-order valence-corrected chi connectivity index (χ2v) is 9.45. The second-order valence-electron chi connectivity index (χ2n) is 9.45. The maximum atomic E-state index is 14.2. The van der Waals surface area contributed by atoms with Crippen molar-refractivity contribution in [3.8, 4) is 0 Å². The Morgan fingerprint density at radius 1 is 0.943 bits per heavy atom. The van der Waals surface area contributed by atoms with Gasteiger partial charge in [-0.15, -0.1) is 0 Å². The fourth-order valence-electron chi connectivity index (χ4n) is 5.03. The van der Waals surface area contributed by atoms with Gasteiger partial charge in [-0.05, 0) is 42.7 Å². The molecule has 35 heavy (non-hydrogen) atoms. The molecule has 180 valence electrons. The maximum absolute atomic E-state index is 14.2. The smallest absolute Gasteiger partial charge is 0.257 e. The van der Waals surface area contributed by atoms with Crippen LogP contribution in [0.1, 0.15) is 34.7 Å². The number of carbonyl (C=O) groups excluding carboxylic acids is 1. The van der Waals surface area contributed by atoms with E-state index in [9.17, 15) is 9.18 Å². The van der Waals surface area contributed by atoms with E-state index in [2.05, 4.69) is 54.0 Å². The zero-order chi connectivity index (χ0) is 24.4. The lowest BCUT2D eigenvalue weighted by molar-refractivity contribution is -0.134. The molecule has 2 aliphatic rings. The van der Waals surface area contributed by atoms with Crippen molar-refractivity contribution in [3.63, 3.8) is 0 Å². The highest BCUT2D eigenvalue weighted by Crippen LogP contribution is 2.35. The van der Waals surface area contributed by atoms with Crippen molar-refractivity contribution in [3.05, 3.63) is 101 Å². The second kappa shape index (κ2) is 10.0. The number of hydrogen-bond donors (Lipinski definition) is 0. The fraction of sp³-hybridized carbons (Fsp3) is 0.310. The molecule has 3 aromatic rings. The molecule has 0 bridgehead atoms. The van der Waals surface area contributed by atoms with E-state index in [0.29, 0.717) is 44.8 Å². The predicted molar refractivity (Wildman–Crippen MR) is 138 cm³/mol. The Labute approximate surface area is 206 Å². The summed E-state index contributed by atoms with van der Waals surface area (Å²) in [7, 11) is 0. The Bertz CT molecular complexity index is 1230. The third-order valence-electron chi connectivity index (χ3n) is 6.99. The number of anilines is 1. The number of hydrogen-bond acceptors (Lipinski definition) is 4. The van der Waals surface area contributed by atoms with E-state index in [4.69, 9.17) is 5.10 Å². The van der Waals surface area contributed by atoms with E-state index < -0.39 is 0 Å². The lowest BCUT2D eigenvalue weighted by Crippen LogP contribution is -2.49. The normalized spacial score (nSPS) is 18.6. The summed E-state index contributed by atoms with van der Waals surface area (Å²) < 4.78 is 14.2. The highest BCUT2D eigenvalue weighted by atomic mass is 19.1. The third-order valence-corrected chi connectivity index (χ3v) is 6.99. The Balaban J connectivity index is 1.33. The molecule has 3 aromatic carbocycles. The number of para-hydroxylation sites is 1. The van der Waals surface area contributed by atoms with Gasteiger partial charge in [0.1, 0.15) is 5.82 Å². The first-order chi connectivity index (χ1) is 17.0. The topological polar surface area (TPSA) is 39.2 Å². The lowest BCUT2D eigenvalue weighted by atomic mass is 9.94. The molecule has 0 N–H and O–H groups in total. The zero-order valence-corrected chi connectivity index (χ0v) is 20.3. The van der Waals surface area contributed by atoms with E-state index in [1.54, 1.807) is 11.1 Å². The van der Waals surface area contributed by atoms with Crippen molar-refractivity contribution < 1.29 is 9.18 Å². The third kappa shape index (κ3) is 4.98. The first-order valence-electron chi connectivity index (χ1n) is 12.2. The number of piperazine rings is 1. The van der Waals surface area contributed by atoms with Crippen LogP contribution in [0.5, 0.6) is 0 Å². The van der Waals surface area contributed by atoms with Gasteiger partial charge in [0, 0.05) is 32.6 Å². The molecule has 0 aliphatic carbocycles. The Kier molecular flexibility index (Phi) is 6.64. The van der Waals surface area contributed by atoms with Gasteiger partial charge in [0.2, 0.25) is 0 Å². The van der Waals surface area contributed by atoms with E-state index >= 15 is 0 Å². The SMILES string of the molecule is Cc1ccc(C)c(C2CC(c3ccccc3)=NN2C(=O)CN2CCN(c3ccccc3F)CC2)c1. The molecule has 2 heterocycles. The molecule has 0 radical (unpaired) electrons. The van der Waals surface area contributed by atoms with Crippen molar-refractivity contribution in [1.29, 1.82) is 0 Å². The number of rotatable bonds is 5. The highest BCUT2D eigenvalue weighted by molar-refractivity contribution is 6.03. The molecule has 1 unspecified atom stereocenters. The molecular formula is C29H31FN4O. The summed E-state index contributed by atoms with van der Waals surface area (Å²) in [6.07, 6.45) is 0.696. The Morgan fingerprint density at radius 3 is 2.40 bits per heavy atom. The van der Waals surface area contributed by atoms with E-state index in [1.165, 1.54) is 17.2 Å². The van der Waals surface area contributed by atoms with Crippen LogP contribution in [0.3, 0.4) is 0 Å². The largest absolute Gasteiger partial charge is 0.367 e. The van der Waals surface area contributed by atoms with Crippen molar-refractivity contribution in [2.45, 2.75) is 26.3 Å². The van der Waals surface area contributed by atoms with Crippen LogP contribution in [-0.4, -0.2) is 54.3 Å². The Morgan fingerprint density at radius 2 is 1.66 bits per heavy atom. The molecule has 5 nitrogen and oxygen atoms in total. The number of hydrazone groups is 1. The van der Waals surface area contributed by atoms with Crippen LogP contribution in [0, 0.1) is 19.7 Å². The first kappa shape index (κ1) is 23.2. The van der Waals surface area contributed by atoms with E-state index in [0.717, 1.165) is 16.8 Å². The lowest BCUT2D eigenvalue weighted by Gasteiger charge is -2.36. The Hall–Kier alpha value is -3.51. The number of benzene rings is 3. The van der Waals surface area contributed by atoms with Gasteiger partial charge in [0.15, 0.2) is 0 Å². The molecule has 6 heteroatoms. The van der Waals surface area contributed by atoms with Crippen molar-refractivity contribution >= 4 is 17.3 Å². The molecule has 0 spiro atoms. The van der Waals surface area contributed by atoms with Crippen LogP contribution >= 0.6 is 0 Å². The number of amides is 1. The minimum Gasteiger partial charge on any atom is -0.367 e. The summed E-state index contributed by atoms with van der Waals surface area (Å²) in [5.74, 6) is -0.200. The number of halogens is 1. The van der Waals surface area contributed by atoms with Crippen LogP contribution in [0.2, 0.25) is 0 Å². The van der Waals surface area contributed by atoms with Crippen LogP contribution < -0.4 is 4.90 Å². The van der Waals surface area contributed by atoms with E-state index in [1.807, 2.05) is 30.3 Å². The van der Waals surface area contributed by atoms with E-state index in [-0.39, 0.29) is 17.8 Å². The average Bonchev–Trinajstić information content (AvgIpc) is 3.32. The van der Waals surface area contributed by atoms with Crippen LogP contribution in [0.25, 0.3) is 0 Å². The summed E-state index contributed by atoms with van der Waals surface area (Å²) in [6, 6.07) is 23.3. The molecule has 1 saturated heterocycles. The summed E-state index contributed by atoms with van der Waals surface area (Å²) in [5.41, 5.74) is 6.12. The maximum Gasteiger partial charge on any atom is 0.257 e. The molecular weight excluding hydrogens is 439 g/mol. The molecule has 0 aromatic heterocycles. The van der Waals surface area contributed by atoms with Gasteiger partial charge in [-0.1, -0.05) is 66.2 Å². The van der Waals surface area contributed by atoms with Gasteiger partial charge in [0.05, 0.1) is 24.0 Å². The summed E-state index contributed by atoms with van der Waals surface area (Å²) in [5, 5.41) is 6.54. The summed E-state index contributed by atoms with van der Waals surface area (Å²) in [6.45, 7) is 7.27. The quantitative estimate of drug-likeness (QED) is 0.530. The van der Waals surface area contributed by atoms with Gasteiger partial charge in [-0.3, -0.25) is 9.69 Å². The van der Waals surface area contributed by atoms with Gasteiger partial charge < -0.3 is 4.90 Å². The van der Waals surface area contributed by atoms with Gasteiger partial charge in [0.25, 0.3) is 5.91 Å². The highest BCUT2D eigenvalue weighted by Gasteiger charge is 2.35. The molecule has 2 aliphatic heterocycles. The van der Waals surface area contributed by atoms with Crippen molar-refractivity contribution in [2.75, 3.05) is 37.6 Å². The molecule has 0 saturated carbocycles. The van der Waals surface area contributed by atoms with Crippen LogP contribution in [0.15, 0.2) is 77.9 Å². The fourth-order valence-corrected chi connectivity index (χ4v) is 5.03. The van der Waals surface area contributed by atoms with Gasteiger partial charge in [-0.25, -0.2) is 9.40 Å². The van der Waals surface area contributed by atoms with Gasteiger partial charge in [-0.2, -0.15) is 5.10 Å². The number of carbonyl (C=O) groups is 1. The monoisotopic (exact) mass is 470 g/mol. The molecule has 1 fully saturated rings. The van der Waals surface area contributed by atoms with Gasteiger partial charge >= 0.3 is 0 Å².